The number of hydrogen-bond acceptors (Lipinski definition) is 10. The predicted octanol–water partition coefficient (Wildman–Crippen LogP) is 9.12. The first-order valence-corrected chi connectivity index (χ1v) is 20.1. The van der Waals surface area contributed by atoms with Crippen molar-refractivity contribution < 1.29 is 9.90 Å². The van der Waals surface area contributed by atoms with Gasteiger partial charge < -0.3 is 15.7 Å². The van der Waals surface area contributed by atoms with Crippen LogP contribution in [0.5, 0.6) is 0 Å². The summed E-state index contributed by atoms with van der Waals surface area (Å²) < 4.78 is 3.42. The van der Waals surface area contributed by atoms with E-state index in [1.807, 2.05) is 158 Å². The summed E-state index contributed by atoms with van der Waals surface area (Å²) in [6.07, 6.45) is 9.60. The van der Waals surface area contributed by atoms with Gasteiger partial charge in [-0.15, -0.1) is 0 Å². The van der Waals surface area contributed by atoms with Crippen LogP contribution >= 0.6 is 0 Å². The van der Waals surface area contributed by atoms with Crippen LogP contribution in [0.15, 0.2) is 195 Å². The number of benzene rings is 4. The van der Waals surface area contributed by atoms with E-state index < -0.39 is 6.10 Å². The van der Waals surface area contributed by atoms with E-state index in [1.54, 1.807) is 46.0 Å². The van der Waals surface area contributed by atoms with Gasteiger partial charge in [-0.2, -0.15) is 19.2 Å². The minimum Gasteiger partial charge on any atom is -0.383 e. The quantitative estimate of drug-likeness (QED) is 0.102. The molecule has 12 nitrogen and oxygen atoms in total. The van der Waals surface area contributed by atoms with Crippen LogP contribution in [-0.2, 0) is 13.1 Å². The third kappa shape index (κ3) is 8.67. The second-order valence-corrected chi connectivity index (χ2v) is 14.4. The zero-order valence-electron chi connectivity index (χ0n) is 33.4. The molecule has 12 heteroatoms. The Bertz CT molecular complexity index is 3040. The van der Waals surface area contributed by atoms with Gasteiger partial charge in [0.25, 0.3) is 0 Å². The molecule has 6 heterocycles. The van der Waals surface area contributed by atoms with E-state index in [1.165, 1.54) is 0 Å². The van der Waals surface area contributed by atoms with E-state index in [0.717, 1.165) is 50.8 Å². The average Bonchev–Trinajstić information content (AvgIpc) is 3.99. The number of nitrogens with one attached hydrogen (secondary N) is 2. The molecule has 10 rings (SSSR count). The molecule has 0 aliphatic rings. The van der Waals surface area contributed by atoms with Gasteiger partial charge in [0.15, 0.2) is 17.1 Å². The molecule has 4 aromatic carbocycles. The highest BCUT2D eigenvalue weighted by atomic mass is 16.3. The molecule has 6 aromatic heterocycles. The van der Waals surface area contributed by atoms with Crippen molar-refractivity contribution >= 4 is 28.7 Å². The maximum Gasteiger partial charge on any atom is 0.198 e. The zero-order valence-corrected chi connectivity index (χ0v) is 33.4. The number of hydrogen-bond donors (Lipinski definition) is 3. The lowest BCUT2D eigenvalue weighted by atomic mass is 10.0. The zero-order chi connectivity index (χ0) is 42.1. The molecule has 3 N–H and O–H groups in total. The number of nitrogens with zero attached hydrogens (tertiary/aromatic N) is 8. The Balaban J connectivity index is 0.000000158. The molecule has 0 saturated carbocycles. The first kappa shape index (κ1) is 39.1. The summed E-state index contributed by atoms with van der Waals surface area (Å²) >= 11 is 0. The predicted molar refractivity (Wildman–Crippen MR) is 240 cm³/mol. The van der Waals surface area contributed by atoms with Crippen LogP contribution < -0.4 is 10.6 Å². The van der Waals surface area contributed by atoms with Gasteiger partial charge >= 0.3 is 0 Å². The van der Waals surface area contributed by atoms with Crippen LogP contribution in [0.1, 0.15) is 44.3 Å². The molecule has 62 heavy (non-hydrogen) atoms. The molecule has 0 fully saturated rings. The lowest BCUT2D eigenvalue weighted by Gasteiger charge is -2.13. The number of fused-ring (bicyclic) bond motifs is 2. The summed E-state index contributed by atoms with van der Waals surface area (Å²) in [4.78, 5) is 31.1. The van der Waals surface area contributed by atoms with Crippen molar-refractivity contribution in [2.24, 2.45) is 0 Å². The number of aliphatic hydroxyl groups is 1. The highest BCUT2D eigenvalue weighted by Crippen LogP contribution is 2.30. The molecule has 0 amide bonds. The van der Waals surface area contributed by atoms with Crippen molar-refractivity contribution in [1.82, 2.24) is 39.2 Å². The largest absolute Gasteiger partial charge is 0.383 e. The molecule has 302 valence electrons. The van der Waals surface area contributed by atoms with Crippen LogP contribution in [0.2, 0.25) is 0 Å². The topological polar surface area (TPSA) is 148 Å². The number of ketones is 1. The maximum atomic E-state index is 13.1. The molecule has 1 atom stereocenters. The van der Waals surface area contributed by atoms with Crippen molar-refractivity contribution in [3.63, 3.8) is 0 Å². The third-order valence-corrected chi connectivity index (χ3v) is 10.2. The van der Waals surface area contributed by atoms with Gasteiger partial charge in [0, 0.05) is 72.3 Å². The molecule has 0 bridgehead atoms. The Kier molecular flexibility index (Phi) is 11.5. The highest BCUT2D eigenvalue weighted by molar-refractivity contribution is 6.12. The molecule has 10 aromatic rings. The summed E-state index contributed by atoms with van der Waals surface area (Å²) in [7, 11) is 0. The van der Waals surface area contributed by atoms with Crippen molar-refractivity contribution in [3.8, 4) is 22.5 Å². The van der Waals surface area contributed by atoms with Crippen molar-refractivity contribution in [2.75, 3.05) is 10.6 Å². The normalized spacial score (nSPS) is 11.4. The molecule has 0 radical (unpaired) electrons. The van der Waals surface area contributed by atoms with Gasteiger partial charge in [-0.3, -0.25) is 14.8 Å². The van der Waals surface area contributed by atoms with Crippen molar-refractivity contribution in [3.05, 3.63) is 228 Å². The van der Waals surface area contributed by atoms with Gasteiger partial charge in [-0.25, -0.2) is 9.97 Å². The number of pyridine rings is 2. The Hall–Kier alpha value is -8.35. The smallest absolute Gasteiger partial charge is 0.198 e. The first-order chi connectivity index (χ1) is 30.6. The SMILES string of the molecule is O=C(c1ccccc1)c1cnn2c(NCc3cccnc3)cc(-c3ccccc3)nc12.OC(c1ccccc1)c1cnn2c(NCc3cccnc3)cc(-c3ccccc3)nc12. The Morgan fingerprint density at radius 2 is 1.03 bits per heavy atom. The first-order valence-electron chi connectivity index (χ1n) is 20.1. The summed E-state index contributed by atoms with van der Waals surface area (Å²) in [5.74, 6) is 1.44. The van der Waals surface area contributed by atoms with E-state index in [9.17, 15) is 9.90 Å². The second-order valence-electron chi connectivity index (χ2n) is 14.4. The number of carbonyl (C=O) groups excluding carboxylic acids is 1. The Labute approximate surface area is 357 Å². The number of aromatic nitrogens is 8. The van der Waals surface area contributed by atoms with Crippen LogP contribution in [-0.4, -0.2) is 50.1 Å². The van der Waals surface area contributed by atoms with E-state index in [2.05, 4.69) is 30.8 Å². The fourth-order valence-corrected chi connectivity index (χ4v) is 7.01. The van der Waals surface area contributed by atoms with Crippen LogP contribution in [0.4, 0.5) is 11.6 Å². The van der Waals surface area contributed by atoms with Gasteiger partial charge in [0.05, 0.1) is 29.3 Å². The van der Waals surface area contributed by atoms with E-state index in [-0.39, 0.29) is 5.78 Å². The molecule has 0 spiro atoms. The molecular weight excluding hydrogens is 773 g/mol. The number of carbonyl (C=O) groups is 1. The number of aliphatic hydroxyl groups excluding tert-OH is 1. The molecular formula is C50H40N10O2. The van der Waals surface area contributed by atoms with Gasteiger partial charge in [0.1, 0.15) is 17.7 Å². The Morgan fingerprint density at radius 3 is 1.56 bits per heavy atom. The minimum absolute atomic E-state index is 0.105. The highest BCUT2D eigenvalue weighted by Gasteiger charge is 2.21. The summed E-state index contributed by atoms with van der Waals surface area (Å²) in [6.45, 7) is 1.17. The van der Waals surface area contributed by atoms with Gasteiger partial charge in [0.2, 0.25) is 0 Å². The van der Waals surface area contributed by atoms with Crippen LogP contribution in [0, 0.1) is 0 Å². The van der Waals surface area contributed by atoms with Crippen LogP contribution in [0.25, 0.3) is 33.8 Å². The lowest BCUT2D eigenvalue weighted by molar-refractivity contribution is 0.104. The molecule has 0 aliphatic carbocycles. The standard InChI is InChI=1S/C25H21N5O.C25H19N5O/c2*31-24(20-11-5-2-6-12-20)21-17-28-30-23(27-16-18-8-7-13-26-15-18)14-22(29-25(21)30)19-9-3-1-4-10-19/h1-15,17,24,27,31H,16H2;1-15,17,27H,16H2. The molecule has 1 unspecified atom stereocenters. The van der Waals surface area contributed by atoms with Gasteiger partial charge in [-0.1, -0.05) is 133 Å². The fourth-order valence-electron chi connectivity index (χ4n) is 7.01. The van der Waals surface area contributed by atoms with Crippen molar-refractivity contribution in [2.45, 2.75) is 19.2 Å². The fraction of sp³-hybridized carbons (Fsp3) is 0.0600. The molecule has 0 saturated heterocycles. The monoisotopic (exact) mass is 812 g/mol. The number of rotatable bonds is 12. The minimum atomic E-state index is -0.816. The van der Waals surface area contributed by atoms with Crippen LogP contribution in [0.3, 0.4) is 0 Å². The summed E-state index contributed by atoms with van der Waals surface area (Å²) in [5, 5.41) is 26.9. The van der Waals surface area contributed by atoms with Crippen molar-refractivity contribution in [1.29, 1.82) is 0 Å². The van der Waals surface area contributed by atoms with E-state index in [4.69, 9.17) is 9.97 Å². The van der Waals surface area contributed by atoms with E-state index in [0.29, 0.717) is 41.1 Å². The third-order valence-electron chi connectivity index (χ3n) is 10.2. The van der Waals surface area contributed by atoms with Gasteiger partial charge in [-0.05, 0) is 28.8 Å². The van der Waals surface area contributed by atoms with E-state index >= 15 is 0 Å². The second kappa shape index (κ2) is 18.3. The molecule has 0 aliphatic heterocycles. The average molecular weight is 813 g/mol. The summed E-state index contributed by atoms with van der Waals surface area (Å²) in [5.41, 5.74) is 9.31. The lowest BCUT2D eigenvalue weighted by Crippen LogP contribution is -2.08. The maximum absolute atomic E-state index is 13.1. The summed E-state index contributed by atoms with van der Waals surface area (Å²) in [6, 6.07) is 50.4. The Morgan fingerprint density at radius 1 is 0.548 bits per heavy atom. The number of anilines is 2.